The molecule has 0 bridgehead atoms. The van der Waals surface area contributed by atoms with Crippen molar-refractivity contribution in [2.24, 2.45) is 5.73 Å². The molecule has 0 aliphatic carbocycles. The molecule has 15 heteroatoms. The molecule has 198 valence electrons. The first-order chi connectivity index (χ1) is 17.4. The van der Waals surface area contributed by atoms with Gasteiger partial charge in [0.05, 0.1) is 12.7 Å². The second-order valence-electron chi connectivity index (χ2n) is 7.63. The van der Waals surface area contributed by atoms with Gasteiger partial charge >= 0.3 is 17.8 Å². The molecule has 0 spiro atoms. The van der Waals surface area contributed by atoms with E-state index >= 15 is 0 Å². The molecular weight excluding hydrogens is 523 g/mol. The van der Waals surface area contributed by atoms with Crippen molar-refractivity contribution >= 4 is 27.4 Å². The number of aryl methyl sites for hydroxylation is 1. The van der Waals surface area contributed by atoms with Crippen molar-refractivity contribution in [2.45, 2.75) is 32.6 Å². The lowest BCUT2D eigenvalue weighted by atomic mass is 10.1. The minimum atomic E-state index is -5.08. The molecule has 9 nitrogen and oxygen atoms in total. The Labute approximate surface area is 209 Å². The fraction of sp³-hybridized carbons (Fsp3) is 0.273. The van der Waals surface area contributed by atoms with Crippen LogP contribution in [-0.2, 0) is 24.3 Å². The maximum Gasteiger partial charge on any atom is 0.490 e. The number of nitrogens with one attached hydrogen (secondary N) is 1. The number of aromatic amines is 1. The summed E-state index contributed by atoms with van der Waals surface area (Å²) in [5, 5.41) is 18.7. The van der Waals surface area contributed by atoms with E-state index in [4.69, 9.17) is 15.6 Å². The first-order valence-electron chi connectivity index (χ1n) is 10.7. The highest BCUT2D eigenvalue weighted by molar-refractivity contribution is 7.19. The SMILES string of the molecule is CCn1cc(-c2ccc3sc(Cn4c(CC(CN)=C(F)F)n[nH]c4=O)cc3c2)cn1.O=C(O)C(F)(F)F. The van der Waals surface area contributed by atoms with Crippen molar-refractivity contribution in [3.8, 4) is 11.1 Å². The van der Waals surface area contributed by atoms with Crippen LogP contribution in [-0.4, -0.2) is 48.3 Å². The molecule has 0 aliphatic rings. The van der Waals surface area contributed by atoms with Crippen molar-refractivity contribution in [3.05, 3.63) is 69.5 Å². The zero-order chi connectivity index (χ0) is 27.3. The Hall–Kier alpha value is -3.85. The van der Waals surface area contributed by atoms with Crippen molar-refractivity contribution in [1.29, 1.82) is 0 Å². The average molecular weight is 545 g/mol. The lowest BCUT2D eigenvalue weighted by Gasteiger charge is -2.05. The zero-order valence-corrected chi connectivity index (χ0v) is 20.0. The number of halogens is 5. The molecule has 0 unspecified atom stereocenters. The molecule has 37 heavy (non-hydrogen) atoms. The molecule has 0 saturated carbocycles. The molecule has 0 radical (unpaired) electrons. The lowest BCUT2D eigenvalue weighted by Crippen LogP contribution is -2.21. The summed E-state index contributed by atoms with van der Waals surface area (Å²) in [5.41, 5.74) is 6.81. The fourth-order valence-corrected chi connectivity index (χ4v) is 4.29. The van der Waals surface area contributed by atoms with E-state index in [0.29, 0.717) is 0 Å². The predicted octanol–water partition coefficient (Wildman–Crippen LogP) is 4.00. The second-order valence-corrected chi connectivity index (χ2v) is 8.80. The number of aliphatic carboxylic acids is 1. The number of alkyl halides is 3. The van der Waals surface area contributed by atoms with Gasteiger partial charge < -0.3 is 10.8 Å². The van der Waals surface area contributed by atoms with E-state index in [1.54, 1.807) is 11.3 Å². The van der Waals surface area contributed by atoms with Gasteiger partial charge in [-0.15, -0.1) is 11.3 Å². The number of fused-ring (bicyclic) bond motifs is 1. The Bertz CT molecular complexity index is 1480. The van der Waals surface area contributed by atoms with Crippen LogP contribution in [0.1, 0.15) is 17.6 Å². The molecule has 3 heterocycles. The Morgan fingerprint density at radius 3 is 2.49 bits per heavy atom. The van der Waals surface area contributed by atoms with Crippen LogP contribution in [0.2, 0.25) is 0 Å². The number of hydrogen-bond donors (Lipinski definition) is 3. The first-order valence-corrected chi connectivity index (χ1v) is 11.5. The predicted molar refractivity (Wildman–Crippen MR) is 126 cm³/mol. The Morgan fingerprint density at radius 1 is 1.22 bits per heavy atom. The van der Waals surface area contributed by atoms with Gasteiger partial charge in [0.25, 0.3) is 6.08 Å². The molecule has 1 aromatic carbocycles. The summed E-state index contributed by atoms with van der Waals surface area (Å²) in [6.45, 7) is 2.80. The third kappa shape index (κ3) is 6.89. The minimum absolute atomic E-state index is 0.173. The van der Waals surface area contributed by atoms with Gasteiger partial charge in [0, 0.05) is 46.4 Å². The van der Waals surface area contributed by atoms with Crippen LogP contribution < -0.4 is 11.4 Å². The lowest BCUT2D eigenvalue weighted by molar-refractivity contribution is -0.192. The standard InChI is InChI=1S/C20H20F2N6OS.C2HF3O2/c1-2-27-10-15(9-24-27)12-3-4-17-13(5-12)6-16(30-17)11-28-18(25-26-20(28)29)7-14(8-23)19(21)22;3-2(4,5)1(6)7/h3-6,9-10H,2,7-8,11,23H2,1H3,(H,26,29);(H,6,7). The number of nitrogens with zero attached hydrogens (tertiary/aromatic N) is 4. The Balaban J connectivity index is 0.000000479. The first kappa shape index (κ1) is 27.7. The molecule has 0 aliphatic heterocycles. The highest BCUT2D eigenvalue weighted by Crippen LogP contribution is 2.30. The van der Waals surface area contributed by atoms with E-state index in [1.165, 1.54) is 4.57 Å². The average Bonchev–Trinajstić information content (AvgIpc) is 3.56. The molecule has 4 aromatic rings. The number of carbonyl (C=O) groups is 1. The van der Waals surface area contributed by atoms with Crippen molar-refractivity contribution in [3.63, 3.8) is 0 Å². The van der Waals surface area contributed by atoms with Gasteiger partial charge in [-0.05, 0) is 36.1 Å². The number of nitrogens with two attached hydrogens (primary N) is 1. The summed E-state index contributed by atoms with van der Waals surface area (Å²) in [5.74, 6) is -2.52. The number of aromatic nitrogens is 5. The summed E-state index contributed by atoms with van der Waals surface area (Å²) in [7, 11) is 0. The van der Waals surface area contributed by atoms with Crippen LogP contribution >= 0.6 is 11.3 Å². The molecular formula is C22H21F5N6O3S. The van der Waals surface area contributed by atoms with E-state index in [2.05, 4.69) is 21.4 Å². The van der Waals surface area contributed by atoms with E-state index < -0.39 is 23.9 Å². The van der Waals surface area contributed by atoms with E-state index in [0.717, 1.165) is 32.6 Å². The van der Waals surface area contributed by atoms with Crippen LogP contribution in [0.4, 0.5) is 22.0 Å². The summed E-state index contributed by atoms with van der Waals surface area (Å²) in [6.07, 6.45) is -3.26. The molecule has 0 amide bonds. The fourth-order valence-electron chi connectivity index (χ4n) is 3.25. The highest BCUT2D eigenvalue weighted by atomic mass is 32.1. The maximum atomic E-state index is 13.0. The largest absolute Gasteiger partial charge is 0.490 e. The molecule has 0 saturated heterocycles. The second kappa shape index (κ2) is 11.5. The number of carboxylic acid groups (broad SMARTS) is 1. The van der Waals surface area contributed by atoms with Crippen LogP contribution in [0.3, 0.4) is 0 Å². The third-order valence-corrected chi connectivity index (χ3v) is 6.24. The molecule has 0 fully saturated rings. The number of carboxylic acids is 1. The van der Waals surface area contributed by atoms with Crippen LogP contribution in [0.15, 0.2) is 53.1 Å². The van der Waals surface area contributed by atoms with Gasteiger partial charge in [-0.25, -0.2) is 14.7 Å². The monoisotopic (exact) mass is 544 g/mol. The van der Waals surface area contributed by atoms with Gasteiger partial charge in [0.1, 0.15) is 5.82 Å². The van der Waals surface area contributed by atoms with Gasteiger partial charge in [0.15, 0.2) is 0 Å². The molecule has 0 atom stereocenters. The summed E-state index contributed by atoms with van der Waals surface area (Å²) in [4.78, 5) is 22.0. The van der Waals surface area contributed by atoms with Crippen molar-refractivity contribution in [2.75, 3.05) is 6.54 Å². The van der Waals surface area contributed by atoms with Gasteiger partial charge in [-0.1, -0.05) is 6.07 Å². The number of benzene rings is 1. The van der Waals surface area contributed by atoms with Crippen LogP contribution in [0.5, 0.6) is 0 Å². The summed E-state index contributed by atoms with van der Waals surface area (Å²) < 4.78 is 62.0. The van der Waals surface area contributed by atoms with E-state index in [-0.39, 0.29) is 30.9 Å². The van der Waals surface area contributed by atoms with Crippen molar-refractivity contribution in [1.82, 2.24) is 24.5 Å². The summed E-state index contributed by atoms with van der Waals surface area (Å²) in [6, 6.07) is 8.16. The normalized spacial score (nSPS) is 11.3. The number of thiophene rings is 1. The third-order valence-electron chi connectivity index (χ3n) is 5.14. The quantitative estimate of drug-likeness (QED) is 0.302. The number of H-pyrrole nitrogens is 1. The highest BCUT2D eigenvalue weighted by Gasteiger charge is 2.38. The smallest absolute Gasteiger partial charge is 0.475 e. The van der Waals surface area contributed by atoms with E-state index in [1.807, 2.05) is 42.2 Å². The number of rotatable bonds is 7. The van der Waals surface area contributed by atoms with Crippen LogP contribution in [0.25, 0.3) is 21.2 Å². The molecule has 3 aromatic heterocycles. The molecule has 4 rings (SSSR count). The zero-order valence-electron chi connectivity index (χ0n) is 19.2. The Kier molecular flexibility index (Phi) is 8.60. The minimum Gasteiger partial charge on any atom is -0.475 e. The topological polar surface area (TPSA) is 132 Å². The molecule has 4 N–H and O–H groups in total. The number of hydrogen-bond acceptors (Lipinski definition) is 6. The van der Waals surface area contributed by atoms with Gasteiger partial charge in [0.2, 0.25) is 0 Å². The van der Waals surface area contributed by atoms with Gasteiger partial charge in [-0.3, -0.25) is 9.25 Å². The van der Waals surface area contributed by atoms with Crippen molar-refractivity contribution < 1.29 is 31.9 Å². The van der Waals surface area contributed by atoms with E-state index in [9.17, 15) is 26.7 Å². The van der Waals surface area contributed by atoms with Gasteiger partial charge in [-0.2, -0.15) is 32.1 Å². The Morgan fingerprint density at radius 2 is 1.92 bits per heavy atom. The maximum absolute atomic E-state index is 13.0. The summed E-state index contributed by atoms with van der Waals surface area (Å²) >= 11 is 1.55. The van der Waals surface area contributed by atoms with Crippen LogP contribution in [0, 0.1) is 0 Å².